The molecule has 0 heterocycles. The van der Waals surface area contributed by atoms with Crippen molar-refractivity contribution in [2.75, 3.05) is 0 Å². The van der Waals surface area contributed by atoms with Gasteiger partial charge in [0.25, 0.3) is 0 Å². The summed E-state index contributed by atoms with van der Waals surface area (Å²) in [4.78, 5) is -0.575. The Bertz CT molecular complexity index is 241. The van der Waals surface area contributed by atoms with Gasteiger partial charge in [-0.15, -0.1) is 11.6 Å². The first-order chi connectivity index (χ1) is 4.93. The van der Waals surface area contributed by atoms with Crippen molar-refractivity contribution in [1.29, 1.82) is 0 Å². The van der Waals surface area contributed by atoms with Crippen LogP contribution in [0.1, 0.15) is 13.3 Å². The number of hydrogen-bond acceptors (Lipinski definition) is 2. The Morgan fingerprint density at radius 1 is 1.55 bits per heavy atom. The summed E-state index contributed by atoms with van der Waals surface area (Å²) < 4.78 is 0. The fraction of sp³-hybridized carbons (Fsp3) is 0.429. The fourth-order valence-corrected chi connectivity index (χ4v) is 1.31. The largest absolute Gasteiger partial charge is 0.400 e. The smallest absolute Gasteiger partial charge is 0.0828 e. The van der Waals surface area contributed by atoms with Gasteiger partial charge in [-0.05, 0) is 13.0 Å². The molecule has 0 radical (unpaired) electrons. The van der Waals surface area contributed by atoms with E-state index in [0.717, 1.165) is 0 Å². The van der Waals surface area contributed by atoms with Crippen LogP contribution in [0.2, 0.25) is 0 Å². The van der Waals surface area contributed by atoms with E-state index in [0.29, 0.717) is 22.8 Å². The first kappa shape index (κ1) is 8.75. The van der Waals surface area contributed by atoms with Crippen LogP contribution in [0.15, 0.2) is 22.5 Å². The molecule has 0 saturated heterocycles. The van der Waals surface area contributed by atoms with Crippen LogP contribution in [0, 0.1) is 0 Å². The molecule has 0 spiro atoms. The lowest BCUT2D eigenvalue weighted by molar-refractivity contribution is 0.719. The van der Waals surface area contributed by atoms with Gasteiger partial charge in [0.15, 0.2) is 0 Å². The molecular formula is C7H10Cl2N2. The minimum atomic E-state index is -0.575. The van der Waals surface area contributed by atoms with Crippen LogP contribution in [0.5, 0.6) is 0 Å². The van der Waals surface area contributed by atoms with Gasteiger partial charge in [0.1, 0.15) is 0 Å². The van der Waals surface area contributed by atoms with Gasteiger partial charge in [-0.25, -0.2) is 0 Å². The van der Waals surface area contributed by atoms with E-state index in [-0.39, 0.29) is 0 Å². The maximum atomic E-state index is 6.01. The van der Waals surface area contributed by atoms with Crippen molar-refractivity contribution in [3.8, 4) is 0 Å². The van der Waals surface area contributed by atoms with Crippen molar-refractivity contribution in [3.63, 3.8) is 0 Å². The lowest BCUT2D eigenvalue weighted by Gasteiger charge is -2.26. The van der Waals surface area contributed by atoms with Crippen molar-refractivity contribution in [2.24, 2.45) is 11.5 Å². The third kappa shape index (κ3) is 1.63. The molecule has 2 nitrogen and oxygen atoms in total. The molecule has 1 rings (SSSR count). The van der Waals surface area contributed by atoms with Crippen molar-refractivity contribution < 1.29 is 0 Å². The Kier molecular flexibility index (Phi) is 2.08. The number of rotatable bonds is 0. The number of nitrogens with two attached hydrogens (primary N) is 2. The third-order valence-corrected chi connectivity index (χ3v) is 2.63. The molecule has 0 aliphatic heterocycles. The van der Waals surface area contributed by atoms with Crippen LogP contribution in [-0.2, 0) is 0 Å². The van der Waals surface area contributed by atoms with Gasteiger partial charge in [0, 0.05) is 17.2 Å². The van der Waals surface area contributed by atoms with Gasteiger partial charge in [-0.1, -0.05) is 11.6 Å². The molecular weight excluding hydrogens is 183 g/mol. The molecule has 4 heteroatoms. The second kappa shape index (κ2) is 2.61. The monoisotopic (exact) mass is 192 g/mol. The average molecular weight is 193 g/mol. The summed E-state index contributed by atoms with van der Waals surface area (Å²) >= 11 is 11.8. The Morgan fingerprint density at radius 2 is 2.09 bits per heavy atom. The topological polar surface area (TPSA) is 52.0 Å². The first-order valence-corrected chi connectivity index (χ1v) is 4.00. The summed E-state index contributed by atoms with van der Waals surface area (Å²) in [5.74, 6) is 0. The highest BCUT2D eigenvalue weighted by Gasteiger charge is 2.29. The highest BCUT2D eigenvalue weighted by Crippen LogP contribution is 2.36. The van der Waals surface area contributed by atoms with Crippen molar-refractivity contribution in [2.45, 2.75) is 18.2 Å². The molecule has 1 atom stereocenters. The number of hydrogen-bond donors (Lipinski definition) is 2. The van der Waals surface area contributed by atoms with Crippen LogP contribution >= 0.6 is 23.2 Å². The molecule has 0 saturated carbocycles. The summed E-state index contributed by atoms with van der Waals surface area (Å²) in [7, 11) is 0. The lowest BCUT2D eigenvalue weighted by atomic mass is 9.98. The van der Waals surface area contributed by atoms with Crippen LogP contribution in [0.4, 0.5) is 0 Å². The molecule has 11 heavy (non-hydrogen) atoms. The average Bonchev–Trinajstić information content (AvgIpc) is 1.83. The molecule has 1 aliphatic rings. The molecule has 4 N–H and O–H groups in total. The minimum Gasteiger partial charge on any atom is -0.400 e. The van der Waals surface area contributed by atoms with E-state index in [1.165, 1.54) is 0 Å². The van der Waals surface area contributed by atoms with Gasteiger partial charge in [0.05, 0.1) is 10.6 Å². The second-order valence-electron chi connectivity index (χ2n) is 2.85. The Balaban J connectivity index is 3.01. The molecule has 0 amide bonds. The van der Waals surface area contributed by atoms with E-state index in [4.69, 9.17) is 34.7 Å². The number of alkyl halides is 1. The van der Waals surface area contributed by atoms with Crippen LogP contribution < -0.4 is 11.5 Å². The minimum absolute atomic E-state index is 0.510. The normalized spacial score (nSPS) is 32.1. The predicted molar refractivity (Wildman–Crippen MR) is 48.2 cm³/mol. The zero-order chi connectivity index (χ0) is 8.65. The molecule has 1 unspecified atom stereocenters. The summed E-state index contributed by atoms with van der Waals surface area (Å²) in [5, 5.41) is 0.547. The molecule has 0 aromatic rings. The molecule has 0 aromatic carbocycles. The molecule has 0 bridgehead atoms. The Morgan fingerprint density at radius 3 is 2.55 bits per heavy atom. The maximum absolute atomic E-state index is 6.01. The fourth-order valence-electron chi connectivity index (χ4n) is 0.924. The van der Waals surface area contributed by atoms with E-state index in [1.54, 1.807) is 6.08 Å². The predicted octanol–water partition coefficient (Wildman–Crippen LogP) is 1.64. The zero-order valence-electron chi connectivity index (χ0n) is 6.20. The molecule has 0 aromatic heterocycles. The first-order valence-electron chi connectivity index (χ1n) is 3.24. The van der Waals surface area contributed by atoms with E-state index >= 15 is 0 Å². The van der Waals surface area contributed by atoms with Crippen molar-refractivity contribution in [1.82, 2.24) is 0 Å². The highest BCUT2D eigenvalue weighted by atomic mass is 35.5. The standard InChI is InChI=1S/C7H10Cl2N2/c1-7(9)3-5(11)4(10)2-6(7)8/h2H,3,10-11H2,1H3. The van der Waals surface area contributed by atoms with Crippen molar-refractivity contribution in [3.05, 3.63) is 22.5 Å². The molecule has 0 fully saturated rings. The van der Waals surface area contributed by atoms with Gasteiger partial charge < -0.3 is 11.5 Å². The number of halogens is 2. The quantitative estimate of drug-likeness (QED) is 0.574. The summed E-state index contributed by atoms with van der Waals surface area (Å²) in [5.41, 5.74) is 12.2. The summed E-state index contributed by atoms with van der Waals surface area (Å²) in [6, 6.07) is 0. The van der Waals surface area contributed by atoms with Gasteiger partial charge in [-0.2, -0.15) is 0 Å². The van der Waals surface area contributed by atoms with Crippen molar-refractivity contribution >= 4 is 23.2 Å². The van der Waals surface area contributed by atoms with E-state index in [9.17, 15) is 0 Å². The summed E-state index contributed by atoms with van der Waals surface area (Å²) in [6.45, 7) is 1.81. The van der Waals surface area contributed by atoms with E-state index < -0.39 is 4.87 Å². The zero-order valence-corrected chi connectivity index (χ0v) is 7.71. The third-order valence-electron chi connectivity index (χ3n) is 1.67. The Hall–Kier alpha value is -0.340. The Labute approximate surface area is 75.8 Å². The SMILES string of the molecule is CC1(Cl)CC(N)=C(N)C=C1Cl. The molecule has 1 aliphatic carbocycles. The second-order valence-corrected chi connectivity index (χ2v) is 4.09. The van der Waals surface area contributed by atoms with Crippen LogP contribution in [0.3, 0.4) is 0 Å². The van der Waals surface area contributed by atoms with Gasteiger partial charge >= 0.3 is 0 Å². The highest BCUT2D eigenvalue weighted by molar-refractivity contribution is 6.39. The van der Waals surface area contributed by atoms with Gasteiger partial charge in [0.2, 0.25) is 0 Å². The summed E-state index contributed by atoms with van der Waals surface area (Å²) in [6.07, 6.45) is 2.11. The maximum Gasteiger partial charge on any atom is 0.0828 e. The lowest BCUT2D eigenvalue weighted by Crippen LogP contribution is -2.26. The van der Waals surface area contributed by atoms with E-state index in [2.05, 4.69) is 0 Å². The number of allylic oxidation sites excluding steroid dienone is 3. The van der Waals surface area contributed by atoms with E-state index in [1.807, 2.05) is 6.92 Å². The molecule has 62 valence electrons. The van der Waals surface area contributed by atoms with Gasteiger partial charge in [-0.3, -0.25) is 0 Å². The van der Waals surface area contributed by atoms with Crippen LogP contribution in [0.25, 0.3) is 0 Å². The van der Waals surface area contributed by atoms with Crippen LogP contribution in [-0.4, -0.2) is 4.87 Å².